The average Bonchev–Trinajstić information content (AvgIpc) is 3.05. The lowest BCUT2D eigenvalue weighted by Gasteiger charge is -2.19. The molecule has 0 amide bonds. The summed E-state index contributed by atoms with van der Waals surface area (Å²) in [5.74, 6) is 0. The highest BCUT2D eigenvalue weighted by molar-refractivity contribution is 7.89. The molecule has 16 heteroatoms. The third-order valence-electron chi connectivity index (χ3n) is 5.08. The zero-order valence-electron chi connectivity index (χ0n) is 17.0. The summed E-state index contributed by atoms with van der Waals surface area (Å²) in [6, 6.07) is 2.94. The maximum Gasteiger partial charge on any atom is 0.294 e. The van der Waals surface area contributed by atoms with Crippen molar-refractivity contribution >= 4 is 37.2 Å². The van der Waals surface area contributed by atoms with E-state index < -0.39 is 73.6 Å². The van der Waals surface area contributed by atoms with Gasteiger partial charge in [-0.2, -0.15) is 12.7 Å². The summed E-state index contributed by atoms with van der Waals surface area (Å²) in [5.41, 5.74) is -3.90. The number of oxime groups is 1. The van der Waals surface area contributed by atoms with Crippen molar-refractivity contribution in [2.45, 2.75) is 23.6 Å². The minimum atomic E-state index is -4.95. The van der Waals surface area contributed by atoms with E-state index in [-0.39, 0.29) is 18.7 Å². The largest absolute Gasteiger partial charge is 0.410 e. The Balaban J connectivity index is 2.50. The number of nitro groups is 2. The fourth-order valence-corrected chi connectivity index (χ4v) is 5.68. The average molecular weight is 500 g/mol. The molecule has 33 heavy (non-hydrogen) atoms. The second-order valence-corrected chi connectivity index (χ2v) is 10.1. The monoisotopic (exact) mass is 500 g/mol. The highest BCUT2D eigenvalue weighted by Gasteiger charge is 2.41. The first kappa shape index (κ1) is 24.2. The van der Waals surface area contributed by atoms with Gasteiger partial charge < -0.3 is 5.21 Å². The van der Waals surface area contributed by atoms with Gasteiger partial charge in [0.2, 0.25) is 10.0 Å². The van der Waals surface area contributed by atoms with E-state index in [1.54, 1.807) is 13.8 Å². The molecule has 0 saturated heterocycles. The lowest BCUT2D eigenvalue weighted by atomic mass is 10.0. The van der Waals surface area contributed by atoms with Crippen LogP contribution in [-0.4, -0.2) is 59.5 Å². The molecule has 0 unspecified atom stereocenters. The Hall–Kier alpha value is -3.47. The molecule has 0 bridgehead atoms. The molecule has 0 spiro atoms. The molecule has 0 atom stereocenters. The summed E-state index contributed by atoms with van der Waals surface area (Å²) in [7, 11) is -9.19. The predicted molar refractivity (Wildman–Crippen MR) is 113 cm³/mol. The molecule has 0 heterocycles. The Morgan fingerprint density at radius 2 is 1.30 bits per heavy atom. The van der Waals surface area contributed by atoms with Crippen molar-refractivity contribution in [3.8, 4) is 11.1 Å². The molecule has 0 fully saturated rings. The maximum atomic E-state index is 13.0. The fraction of sp³-hybridized carbons (Fsp3) is 0.235. The summed E-state index contributed by atoms with van der Waals surface area (Å²) in [4.78, 5) is 20.1. The zero-order chi connectivity index (χ0) is 24.9. The zero-order valence-corrected chi connectivity index (χ0v) is 18.6. The molecule has 0 radical (unpaired) electrons. The number of hydrogen-bond donors (Lipinski definition) is 2. The smallest absolute Gasteiger partial charge is 0.294 e. The first-order chi connectivity index (χ1) is 15.3. The number of rotatable bonds is 7. The Labute approximate surface area is 186 Å². The van der Waals surface area contributed by atoms with Crippen molar-refractivity contribution in [1.29, 1.82) is 0 Å². The minimum absolute atomic E-state index is 0.0497. The third-order valence-corrected chi connectivity index (χ3v) is 7.94. The van der Waals surface area contributed by atoms with Crippen LogP contribution < -0.4 is 0 Å². The Morgan fingerprint density at radius 3 is 1.67 bits per heavy atom. The summed E-state index contributed by atoms with van der Waals surface area (Å²) >= 11 is 0. The standard InChI is InChI=1S/C17H16N4O10S2/c1-3-19(4-2)32(27,28)9-5-11-15(13(7-9)20(23)24)16-12(17(11)18-22)6-10(33(29,30)31)8-14(16)21(25)26/h5-8,22H,3-4H2,1-2H3,(H,29,30,31)/b18-17-. The Bertz CT molecular complexity index is 1440. The van der Waals surface area contributed by atoms with E-state index in [0.717, 1.165) is 22.5 Å². The third kappa shape index (κ3) is 3.82. The normalized spacial score (nSPS) is 14.4. The van der Waals surface area contributed by atoms with Crippen molar-refractivity contribution in [3.63, 3.8) is 0 Å². The van der Waals surface area contributed by atoms with Gasteiger partial charge in [-0.3, -0.25) is 24.8 Å². The van der Waals surface area contributed by atoms with Gasteiger partial charge in [-0.25, -0.2) is 8.42 Å². The molecule has 0 saturated carbocycles. The first-order valence-corrected chi connectivity index (χ1v) is 12.0. The van der Waals surface area contributed by atoms with Gasteiger partial charge in [0.05, 0.1) is 25.9 Å². The molecule has 2 aromatic carbocycles. The van der Waals surface area contributed by atoms with Crippen LogP contribution in [0.4, 0.5) is 11.4 Å². The molecule has 3 rings (SSSR count). The van der Waals surface area contributed by atoms with Crippen LogP contribution in [0.3, 0.4) is 0 Å². The van der Waals surface area contributed by atoms with Crippen LogP contribution in [0.25, 0.3) is 11.1 Å². The lowest BCUT2D eigenvalue weighted by molar-refractivity contribution is -0.386. The van der Waals surface area contributed by atoms with Gasteiger partial charge in [0.1, 0.15) is 10.6 Å². The van der Waals surface area contributed by atoms with Gasteiger partial charge in [0, 0.05) is 36.3 Å². The molecule has 1 aliphatic rings. The highest BCUT2D eigenvalue weighted by atomic mass is 32.2. The predicted octanol–water partition coefficient (Wildman–Crippen LogP) is 1.99. The summed E-state index contributed by atoms with van der Waals surface area (Å²) < 4.78 is 59.6. The van der Waals surface area contributed by atoms with Crippen molar-refractivity contribution in [3.05, 3.63) is 55.6 Å². The van der Waals surface area contributed by atoms with Gasteiger partial charge >= 0.3 is 0 Å². The molecule has 0 aromatic heterocycles. The van der Waals surface area contributed by atoms with E-state index in [9.17, 15) is 46.8 Å². The van der Waals surface area contributed by atoms with Crippen LogP contribution in [0, 0.1) is 20.2 Å². The van der Waals surface area contributed by atoms with E-state index in [1.165, 1.54) is 0 Å². The van der Waals surface area contributed by atoms with Gasteiger partial charge in [0.15, 0.2) is 0 Å². The van der Waals surface area contributed by atoms with Crippen LogP contribution in [0.2, 0.25) is 0 Å². The van der Waals surface area contributed by atoms with Crippen LogP contribution in [0.15, 0.2) is 39.2 Å². The summed E-state index contributed by atoms with van der Waals surface area (Å²) in [6.45, 7) is 3.21. The van der Waals surface area contributed by atoms with Gasteiger partial charge in [-0.05, 0) is 12.1 Å². The van der Waals surface area contributed by atoms with Crippen LogP contribution in [-0.2, 0) is 20.1 Å². The molecule has 2 aromatic rings. The van der Waals surface area contributed by atoms with Gasteiger partial charge in [0.25, 0.3) is 21.5 Å². The van der Waals surface area contributed by atoms with Crippen molar-refractivity contribution in [2.75, 3.05) is 13.1 Å². The van der Waals surface area contributed by atoms with Crippen molar-refractivity contribution in [1.82, 2.24) is 4.31 Å². The Kier molecular flexibility index (Phi) is 5.97. The van der Waals surface area contributed by atoms with Gasteiger partial charge in [-0.15, -0.1) is 0 Å². The number of nitro benzene ring substituents is 2. The second kappa shape index (κ2) is 8.14. The molecule has 176 valence electrons. The Morgan fingerprint density at radius 1 is 0.879 bits per heavy atom. The number of hydrogen-bond acceptors (Lipinski definition) is 10. The molecule has 1 aliphatic carbocycles. The second-order valence-electron chi connectivity index (χ2n) is 6.76. The minimum Gasteiger partial charge on any atom is -0.410 e. The fourth-order valence-electron chi connectivity index (χ4n) is 3.65. The SMILES string of the molecule is CCN(CC)S(=O)(=O)c1cc2c(c([N+](=O)[O-])c1)-c1c(cc(S(=O)(=O)O)cc1[N+](=O)[O-])/C2=N\O. The van der Waals surface area contributed by atoms with E-state index >= 15 is 0 Å². The lowest BCUT2D eigenvalue weighted by Crippen LogP contribution is -2.30. The summed E-state index contributed by atoms with van der Waals surface area (Å²) in [5, 5.41) is 36.1. The topological polar surface area (TPSA) is 211 Å². The number of sulfonamides is 1. The number of nitrogens with zero attached hydrogens (tertiary/aromatic N) is 4. The van der Waals surface area contributed by atoms with Crippen LogP contribution in [0.1, 0.15) is 25.0 Å². The van der Waals surface area contributed by atoms with E-state index in [4.69, 9.17) is 0 Å². The van der Waals surface area contributed by atoms with E-state index in [1.807, 2.05) is 0 Å². The van der Waals surface area contributed by atoms with E-state index in [0.29, 0.717) is 6.07 Å². The number of benzene rings is 2. The van der Waals surface area contributed by atoms with Gasteiger partial charge in [-0.1, -0.05) is 19.0 Å². The molecule has 0 aliphatic heterocycles. The van der Waals surface area contributed by atoms with Crippen molar-refractivity contribution in [2.24, 2.45) is 5.16 Å². The molecular weight excluding hydrogens is 484 g/mol. The van der Waals surface area contributed by atoms with E-state index in [2.05, 4.69) is 5.16 Å². The molecule has 14 nitrogen and oxygen atoms in total. The summed E-state index contributed by atoms with van der Waals surface area (Å²) in [6.07, 6.45) is 0. The van der Waals surface area contributed by atoms with Crippen LogP contribution in [0.5, 0.6) is 0 Å². The quantitative estimate of drug-likeness (QED) is 0.208. The van der Waals surface area contributed by atoms with Crippen molar-refractivity contribution < 1.29 is 36.4 Å². The van der Waals surface area contributed by atoms with Crippen LogP contribution >= 0.6 is 0 Å². The first-order valence-electron chi connectivity index (χ1n) is 9.15. The number of fused-ring (bicyclic) bond motifs is 3. The maximum absolute atomic E-state index is 13.0. The highest BCUT2D eigenvalue weighted by Crippen LogP contribution is 2.49. The molecular formula is C17H16N4O10S2. The molecule has 2 N–H and O–H groups in total.